The highest BCUT2D eigenvalue weighted by Gasteiger charge is 2.16. The Labute approximate surface area is 180 Å². The highest BCUT2D eigenvalue weighted by molar-refractivity contribution is 9.10. The number of halogens is 2. The third-order valence-electron chi connectivity index (χ3n) is 3.63. The number of anilines is 1. The second-order valence-electron chi connectivity index (χ2n) is 5.51. The molecule has 0 saturated carbocycles. The molecule has 0 aliphatic rings. The van der Waals surface area contributed by atoms with Gasteiger partial charge in [-0.3, -0.25) is 14.9 Å². The first-order valence-electron chi connectivity index (χ1n) is 8.18. The quantitative estimate of drug-likeness (QED) is 0.259. The van der Waals surface area contributed by atoms with Crippen LogP contribution in [0.5, 0.6) is 11.5 Å². The second kappa shape index (κ2) is 9.91. The molecule has 0 heterocycles. The topological polar surface area (TPSA) is 114 Å². The number of benzene rings is 2. The summed E-state index contributed by atoms with van der Waals surface area (Å²) >= 11 is 9.36. The lowest BCUT2D eigenvalue weighted by atomic mass is 10.1. The van der Waals surface area contributed by atoms with E-state index in [-0.39, 0.29) is 22.0 Å². The van der Waals surface area contributed by atoms with Crippen LogP contribution in [-0.2, 0) is 4.79 Å². The number of hydrogen-bond donors (Lipinski definition) is 1. The average Bonchev–Trinajstić information content (AvgIpc) is 2.69. The number of methoxy groups -OCH3 is 1. The van der Waals surface area contributed by atoms with E-state index in [1.54, 1.807) is 12.1 Å². The van der Waals surface area contributed by atoms with Crippen LogP contribution < -0.4 is 14.8 Å². The first-order chi connectivity index (χ1) is 13.8. The van der Waals surface area contributed by atoms with Crippen molar-refractivity contribution in [2.75, 3.05) is 19.0 Å². The van der Waals surface area contributed by atoms with Gasteiger partial charge >= 0.3 is 0 Å². The molecule has 0 bridgehead atoms. The van der Waals surface area contributed by atoms with Crippen LogP contribution in [0.4, 0.5) is 11.4 Å². The number of nitrogens with zero attached hydrogens (tertiary/aromatic N) is 2. The van der Waals surface area contributed by atoms with Gasteiger partial charge in [0.25, 0.3) is 11.6 Å². The van der Waals surface area contributed by atoms with Crippen LogP contribution in [0.3, 0.4) is 0 Å². The molecule has 0 aliphatic heterocycles. The van der Waals surface area contributed by atoms with E-state index in [4.69, 9.17) is 21.1 Å². The molecule has 8 nitrogen and oxygen atoms in total. The normalized spacial score (nSPS) is 10.8. The van der Waals surface area contributed by atoms with Gasteiger partial charge < -0.3 is 14.8 Å². The fraction of sp³-hybridized carbons (Fsp3) is 0.158. The first kappa shape index (κ1) is 22.2. The van der Waals surface area contributed by atoms with E-state index in [1.165, 1.54) is 25.3 Å². The summed E-state index contributed by atoms with van der Waals surface area (Å²) in [5.41, 5.74) is 0.264. The number of hydrogen-bond acceptors (Lipinski definition) is 6. The predicted molar refractivity (Wildman–Crippen MR) is 112 cm³/mol. The first-order valence-corrected chi connectivity index (χ1v) is 9.35. The van der Waals surface area contributed by atoms with Gasteiger partial charge in [-0.25, -0.2) is 0 Å². The van der Waals surface area contributed by atoms with Gasteiger partial charge in [0.15, 0.2) is 11.5 Å². The molecule has 150 valence electrons. The molecule has 0 spiro atoms. The molecule has 0 aromatic heterocycles. The smallest absolute Gasteiger partial charge is 0.271 e. The van der Waals surface area contributed by atoms with E-state index in [0.717, 1.165) is 6.07 Å². The van der Waals surface area contributed by atoms with E-state index in [9.17, 15) is 20.2 Å². The number of ether oxygens (including phenoxy) is 2. The number of nitro benzene ring substituents is 1. The summed E-state index contributed by atoms with van der Waals surface area (Å²) in [7, 11) is 1.48. The molecule has 2 rings (SSSR count). The lowest BCUT2D eigenvalue weighted by Gasteiger charge is -2.12. The van der Waals surface area contributed by atoms with Gasteiger partial charge in [0.05, 0.1) is 33.8 Å². The molecule has 1 amide bonds. The summed E-state index contributed by atoms with van der Waals surface area (Å²) in [6, 6.07) is 8.74. The standard InChI is InChI=1S/C19H15BrClN3O5/c1-3-29-18-14(20)7-11(8-17(18)28-2)6-12(10-22)19(25)23-16-5-4-13(24(26)27)9-15(16)21/h4-9H,3H2,1-2H3,(H,23,25)/b12-6+. The number of nitro groups is 1. The van der Waals surface area contributed by atoms with Gasteiger partial charge in [-0.15, -0.1) is 0 Å². The number of nitrogens with one attached hydrogen (secondary N) is 1. The monoisotopic (exact) mass is 479 g/mol. The molecular formula is C19H15BrClN3O5. The summed E-state index contributed by atoms with van der Waals surface area (Å²) in [5.74, 6) is 0.226. The van der Waals surface area contributed by atoms with Gasteiger partial charge in [-0.05, 0) is 52.7 Å². The van der Waals surface area contributed by atoms with Crippen LogP contribution in [0.25, 0.3) is 6.08 Å². The van der Waals surface area contributed by atoms with Crippen molar-refractivity contribution in [3.63, 3.8) is 0 Å². The lowest BCUT2D eigenvalue weighted by Crippen LogP contribution is -2.13. The number of amides is 1. The Balaban J connectivity index is 2.32. The molecule has 0 fully saturated rings. The minimum atomic E-state index is -0.716. The highest BCUT2D eigenvalue weighted by atomic mass is 79.9. The minimum absolute atomic E-state index is 0.0182. The Bertz CT molecular complexity index is 1030. The molecule has 10 heteroatoms. The van der Waals surface area contributed by atoms with E-state index >= 15 is 0 Å². The number of carbonyl (C=O) groups excluding carboxylic acids is 1. The summed E-state index contributed by atoms with van der Waals surface area (Å²) in [6.07, 6.45) is 1.37. The maximum Gasteiger partial charge on any atom is 0.271 e. The van der Waals surface area contributed by atoms with Crippen molar-refractivity contribution in [1.82, 2.24) is 0 Å². The van der Waals surface area contributed by atoms with Crippen LogP contribution in [-0.4, -0.2) is 24.5 Å². The third-order valence-corrected chi connectivity index (χ3v) is 4.53. The molecular weight excluding hydrogens is 466 g/mol. The van der Waals surface area contributed by atoms with Crippen molar-refractivity contribution in [2.24, 2.45) is 0 Å². The summed E-state index contributed by atoms with van der Waals surface area (Å²) in [5, 5.41) is 22.6. The molecule has 29 heavy (non-hydrogen) atoms. The number of nitriles is 1. The molecule has 1 N–H and O–H groups in total. The maximum absolute atomic E-state index is 12.5. The van der Waals surface area contributed by atoms with Crippen molar-refractivity contribution in [3.05, 3.63) is 61.1 Å². The van der Waals surface area contributed by atoms with E-state index in [1.807, 2.05) is 13.0 Å². The Hall–Kier alpha value is -3.09. The second-order valence-corrected chi connectivity index (χ2v) is 6.77. The zero-order valence-electron chi connectivity index (χ0n) is 15.4. The Kier molecular flexibility index (Phi) is 7.59. The zero-order valence-corrected chi connectivity index (χ0v) is 17.7. The van der Waals surface area contributed by atoms with Crippen molar-refractivity contribution in [1.29, 1.82) is 5.26 Å². The summed E-state index contributed by atoms with van der Waals surface area (Å²) in [4.78, 5) is 22.6. The van der Waals surface area contributed by atoms with E-state index in [0.29, 0.717) is 28.1 Å². The van der Waals surface area contributed by atoms with Gasteiger partial charge in [0.1, 0.15) is 11.6 Å². The van der Waals surface area contributed by atoms with Crippen molar-refractivity contribution >= 4 is 50.9 Å². The van der Waals surface area contributed by atoms with Crippen LogP contribution in [0, 0.1) is 21.4 Å². The minimum Gasteiger partial charge on any atom is -0.493 e. The number of rotatable bonds is 7. The van der Waals surface area contributed by atoms with Gasteiger partial charge in [-0.1, -0.05) is 11.6 Å². The molecule has 2 aromatic carbocycles. The van der Waals surface area contributed by atoms with E-state index < -0.39 is 10.8 Å². The summed E-state index contributed by atoms with van der Waals surface area (Å²) < 4.78 is 11.4. The molecule has 0 saturated heterocycles. The van der Waals surface area contributed by atoms with Crippen molar-refractivity contribution in [3.8, 4) is 17.6 Å². The zero-order chi connectivity index (χ0) is 21.6. The third kappa shape index (κ3) is 5.47. The Morgan fingerprint density at radius 2 is 2.14 bits per heavy atom. The lowest BCUT2D eigenvalue weighted by molar-refractivity contribution is -0.384. The summed E-state index contributed by atoms with van der Waals surface area (Å²) in [6.45, 7) is 2.27. The fourth-order valence-electron chi connectivity index (χ4n) is 2.33. The number of carbonyl (C=O) groups is 1. The SMILES string of the molecule is CCOc1c(Br)cc(/C=C(\C#N)C(=O)Nc2ccc([N+](=O)[O-])cc2Cl)cc1OC. The number of non-ortho nitro benzene ring substituents is 1. The Morgan fingerprint density at radius 3 is 2.69 bits per heavy atom. The fourth-order valence-corrected chi connectivity index (χ4v) is 3.13. The predicted octanol–water partition coefficient (Wildman–Crippen LogP) is 4.96. The van der Waals surface area contributed by atoms with Gasteiger partial charge in [-0.2, -0.15) is 5.26 Å². The van der Waals surface area contributed by atoms with Crippen molar-refractivity contribution in [2.45, 2.75) is 6.92 Å². The van der Waals surface area contributed by atoms with Gasteiger partial charge in [0, 0.05) is 12.1 Å². The molecule has 0 aliphatic carbocycles. The van der Waals surface area contributed by atoms with Crippen LogP contribution in [0.2, 0.25) is 5.02 Å². The molecule has 0 atom stereocenters. The molecule has 0 radical (unpaired) electrons. The largest absolute Gasteiger partial charge is 0.493 e. The maximum atomic E-state index is 12.5. The van der Waals surface area contributed by atoms with Gasteiger partial charge in [0.2, 0.25) is 0 Å². The van der Waals surface area contributed by atoms with Crippen LogP contribution in [0.1, 0.15) is 12.5 Å². The van der Waals surface area contributed by atoms with Crippen LogP contribution >= 0.6 is 27.5 Å². The molecule has 2 aromatic rings. The van der Waals surface area contributed by atoms with Crippen molar-refractivity contribution < 1.29 is 19.2 Å². The van der Waals surface area contributed by atoms with Crippen LogP contribution in [0.15, 0.2) is 40.4 Å². The Morgan fingerprint density at radius 1 is 1.41 bits per heavy atom. The molecule has 0 unspecified atom stereocenters. The average molecular weight is 481 g/mol. The highest BCUT2D eigenvalue weighted by Crippen LogP contribution is 2.37. The van der Waals surface area contributed by atoms with E-state index in [2.05, 4.69) is 21.2 Å².